The molecule has 0 aliphatic heterocycles. The van der Waals surface area contributed by atoms with Gasteiger partial charge in [-0.15, -0.1) is 0 Å². The van der Waals surface area contributed by atoms with Gasteiger partial charge < -0.3 is 15.2 Å². The molecule has 0 saturated carbocycles. The lowest BCUT2D eigenvalue weighted by Gasteiger charge is -2.12. The first-order valence-corrected chi connectivity index (χ1v) is 7.73. The highest BCUT2D eigenvalue weighted by Crippen LogP contribution is 2.19. The van der Waals surface area contributed by atoms with Crippen LogP contribution in [0.3, 0.4) is 0 Å². The van der Waals surface area contributed by atoms with E-state index >= 15 is 0 Å². The van der Waals surface area contributed by atoms with Gasteiger partial charge in [-0.25, -0.2) is 0 Å². The molecule has 0 saturated heterocycles. The first-order valence-electron chi connectivity index (χ1n) is 7.73. The Labute approximate surface area is 139 Å². The Bertz CT molecular complexity index is 843. The number of hydrogen-bond donors (Lipinski definition) is 2. The number of hydrogen-bond acceptors (Lipinski definition) is 4. The molecule has 0 spiro atoms. The molecule has 2 N–H and O–H groups in total. The van der Waals surface area contributed by atoms with E-state index in [1.807, 2.05) is 48.5 Å². The molecule has 0 aliphatic rings. The number of nitrogens with one attached hydrogen (secondary N) is 1. The van der Waals surface area contributed by atoms with Gasteiger partial charge in [-0.3, -0.25) is 9.78 Å². The summed E-state index contributed by atoms with van der Waals surface area (Å²) in [5.74, 6) is 0.497. The molecule has 5 heteroatoms. The molecule has 1 heterocycles. The van der Waals surface area contributed by atoms with Crippen LogP contribution < -0.4 is 10.1 Å². The van der Waals surface area contributed by atoms with Crippen LogP contribution in [0.15, 0.2) is 60.8 Å². The highest BCUT2D eigenvalue weighted by molar-refractivity contribution is 6.06. The zero-order valence-corrected chi connectivity index (χ0v) is 13.1. The summed E-state index contributed by atoms with van der Waals surface area (Å²) in [6.45, 7) is 0.515. The summed E-state index contributed by atoms with van der Waals surface area (Å²) < 4.78 is 5.48. The zero-order valence-electron chi connectivity index (χ0n) is 13.1. The van der Waals surface area contributed by atoms with Gasteiger partial charge in [0.1, 0.15) is 12.4 Å². The van der Waals surface area contributed by atoms with Gasteiger partial charge in [0.15, 0.2) is 0 Å². The fraction of sp³-hybridized carbons (Fsp3) is 0.158. The number of nitrogens with zero attached hydrogens (tertiary/aromatic N) is 1. The summed E-state index contributed by atoms with van der Waals surface area (Å²) in [6.07, 6.45) is 1.71. The molecule has 5 nitrogen and oxygen atoms in total. The molecule has 3 rings (SSSR count). The van der Waals surface area contributed by atoms with Crippen molar-refractivity contribution in [1.29, 1.82) is 0 Å². The number of para-hydroxylation sites is 1. The second-order valence-corrected chi connectivity index (χ2v) is 5.24. The Morgan fingerprint density at radius 3 is 2.83 bits per heavy atom. The van der Waals surface area contributed by atoms with Gasteiger partial charge in [0, 0.05) is 29.3 Å². The predicted octanol–water partition coefficient (Wildman–Crippen LogP) is 2.54. The first kappa shape index (κ1) is 16.0. The second kappa shape index (κ2) is 7.57. The van der Waals surface area contributed by atoms with Crippen molar-refractivity contribution in [3.05, 3.63) is 71.9 Å². The number of aromatic nitrogens is 1. The maximum atomic E-state index is 12.5. The number of aliphatic hydroxyl groups excluding tert-OH is 1. The Hall–Kier alpha value is -2.92. The van der Waals surface area contributed by atoms with Crippen LogP contribution in [0.1, 0.15) is 15.9 Å². The van der Waals surface area contributed by atoms with E-state index in [0.29, 0.717) is 17.9 Å². The number of amides is 1. The van der Waals surface area contributed by atoms with E-state index in [-0.39, 0.29) is 19.1 Å². The number of carbonyl (C=O) groups is 1. The normalized spacial score (nSPS) is 10.5. The average Bonchev–Trinajstić information content (AvgIpc) is 2.64. The van der Waals surface area contributed by atoms with Crippen molar-refractivity contribution >= 4 is 16.8 Å². The van der Waals surface area contributed by atoms with Crippen molar-refractivity contribution in [3.63, 3.8) is 0 Å². The number of fused-ring (bicyclic) bond motifs is 1. The molecule has 1 aromatic heterocycles. The fourth-order valence-corrected chi connectivity index (χ4v) is 2.52. The quantitative estimate of drug-likeness (QED) is 0.731. The van der Waals surface area contributed by atoms with Crippen LogP contribution in [0, 0.1) is 0 Å². The van der Waals surface area contributed by atoms with E-state index in [0.717, 1.165) is 16.5 Å². The van der Waals surface area contributed by atoms with Gasteiger partial charge in [0.05, 0.1) is 12.1 Å². The lowest BCUT2D eigenvalue weighted by atomic mass is 10.1. The van der Waals surface area contributed by atoms with Gasteiger partial charge in [-0.2, -0.15) is 0 Å². The van der Waals surface area contributed by atoms with E-state index in [1.165, 1.54) is 0 Å². The van der Waals surface area contributed by atoms with Gasteiger partial charge >= 0.3 is 0 Å². The molecule has 3 aromatic rings. The molecule has 0 fully saturated rings. The molecule has 0 unspecified atom stereocenters. The number of aliphatic hydroxyl groups is 1. The second-order valence-electron chi connectivity index (χ2n) is 5.24. The fourth-order valence-electron chi connectivity index (χ4n) is 2.52. The smallest absolute Gasteiger partial charge is 0.252 e. The van der Waals surface area contributed by atoms with Crippen LogP contribution in [-0.4, -0.2) is 29.2 Å². The molecular weight excluding hydrogens is 304 g/mol. The lowest BCUT2D eigenvalue weighted by molar-refractivity contribution is 0.0952. The van der Waals surface area contributed by atoms with E-state index in [4.69, 9.17) is 9.84 Å². The number of rotatable bonds is 6. The number of benzene rings is 2. The maximum Gasteiger partial charge on any atom is 0.252 e. The molecule has 24 heavy (non-hydrogen) atoms. The molecule has 0 bridgehead atoms. The third-order valence-corrected chi connectivity index (χ3v) is 3.65. The Morgan fingerprint density at radius 2 is 1.96 bits per heavy atom. The molecule has 1 amide bonds. The minimum absolute atomic E-state index is 0.0519. The van der Waals surface area contributed by atoms with Crippen molar-refractivity contribution < 1.29 is 14.6 Å². The third-order valence-electron chi connectivity index (χ3n) is 3.65. The SMILES string of the molecule is O=C(NCc1ccccc1OCCO)c1cccc2ncccc12. The summed E-state index contributed by atoms with van der Waals surface area (Å²) in [6, 6.07) is 16.6. The Morgan fingerprint density at radius 1 is 1.08 bits per heavy atom. The standard InChI is InChI=1S/C19H18N2O3/c22-11-12-24-18-9-2-1-5-14(18)13-21-19(23)16-6-3-8-17-15(16)7-4-10-20-17/h1-10,22H,11-13H2,(H,21,23). The van der Waals surface area contributed by atoms with Crippen LogP contribution in [-0.2, 0) is 6.54 Å². The molecule has 0 aliphatic carbocycles. The largest absolute Gasteiger partial charge is 0.491 e. The highest BCUT2D eigenvalue weighted by atomic mass is 16.5. The van der Waals surface area contributed by atoms with Gasteiger partial charge in [0.25, 0.3) is 5.91 Å². The number of ether oxygens (including phenoxy) is 1. The van der Waals surface area contributed by atoms with Crippen molar-refractivity contribution in [2.24, 2.45) is 0 Å². The summed E-state index contributed by atoms with van der Waals surface area (Å²) in [5.41, 5.74) is 2.24. The third kappa shape index (κ3) is 3.52. The van der Waals surface area contributed by atoms with E-state index in [1.54, 1.807) is 12.3 Å². The van der Waals surface area contributed by atoms with Crippen LogP contribution in [0.4, 0.5) is 0 Å². The van der Waals surface area contributed by atoms with Gasteiger partial charge in [0.2, 0.25) is 0 Å². The average molecular weight is 322 g/mol. The highest BCUT2D eigenvalue weighted by Gasteiger charge is 2.11. The van der Waals surface area contributed by atoms with Gasteiger partial charge in [-0.05, 0) is 24.3 Å². The molecule has 2 aromatic carbocycles. The van der Waals surface area contributed by atoms with Gasteiger partial charge in [-0.1, -0.05) is 30.3 Å². The molecular formula is C19H18N2O3. The van der Waals surface area contributed by atoms with E-state index < -0.39 is 0 Å². The number of carbonyl (C=O) groups excluding carboxylic acids is 1. The molecule has 0 radical (unpaired) electrons. The maximum absolute atomic E-state index is 12.5. The van der Waals surface area contributed by atoms with Crippen LogP contribution in [0.5, 0.6) is 5.75 Å². The zero-order chi connectivity index (χ0) is 16.8. The summed E-state index contributed by atoms with van der Waals surface area (Å²) >= 11 is 0. The van der Waals surface area contributed by atoms with Crippen molar-refractivity contribution in [2.75, 3.05) is 13.2 Å². The van der Waals surface area contributed by atoms with E-state index in [9.17, 15) is 4.79 Å². The minimum Gasteiger partial charge on any atom is -0.491 e. The Balaban J connectivity index is 1.76. The van der Waals surface area contributed by atoms with E-state index in [2.05, 4.69) is 10.3 Å². The van der Waals surface area contributed by atoms with Crippen molar-refractivity contribution in [2.45, 2.75) is 6.54 Å². The summed E-state index contributed by atoms with van der Waals surface area (Å²) in [5, 5.41) is 12.6. The molecule has 122 valence electrons. The van der Waals surface area contributed by atoms with Crippen molar-refractivity contribution in [3.8, 4) is 5.75 Å². The van der Waals surface area contributed by atoms with Crippen LogP contribution in [0.2, 0.25) is 0 Å². The Kier molecular flexibility index (Phi) is 5.03. The van der Waals surface area contributed by atoms with Crippen molar-refractivity contribution in [1.82, 2.24) is 10.3 Å². The van der Waals surface area contributed by atoms with Crippen LogP contribution in [0.25, 0.3) is 10.9 Å². The molecule has 0 atom stereocenters. The first-order chi connectivity index (χ1) is 11.8. The lowest BCUT2D eigenvalue weighted by Crippen LogP contribution is -2.23. The minimum atomic E-state index is -0.162. The predicted molar refractivity (Wildman–Crippen MR) is 91.9 cm³/mol. The topological polar surface area (TPSA) is 71.5 Å². The summed E-state index contributed by atoms with van der Waals surface area (Å²) in [4.78, 5) is 16.8. The monoisotopic (exact) mass is 322 g/mol. The summed E-state index contributed by atoms with van der Waals surface area (Å²) in [7, 11) is 0. The van der Waals surface area contributed by atoms with Crippen LogP contribution >= 0.6 is 0 Å². The number of pyridine rings is 1.